The molecule has 7 nitrogen and oxygen atoms in total. The number of fused-ring (bicyclic) bond motifs is 1. The molecule has 2 heterocycles. The highest BCUT2D eigenvalue weighted by Crippen LogP contribution is 2.12. The van der Waals surface area contributed by atoms with E-state index in [0.717, 1.165) is 35.4 Å². The zero-order chi connectivity index (χ0) is 21.3. The smallest absolute Gasteiger partial charge is 0.253 e. The molecule has 0 fully saturated rings. The number of H-pyrrole nitrogens is 1. The van der Waals surface area contributed by atoms with Crippen LogP contribution >= 0.6 is 0 Å². The predicted octanol–water partition coefficient (Wildman–Crippen LogP) is 2.98. The van der Waals surface area contributed by atoms with Crippen molar-refractivity contribution in [1.29, 1.82) is 0 Å². The van der Waals surface area contributed by atoms with Crippen LogP contribution in [-0.4, -0.2) is 62.3 Å². The van der Waals surface area contributed by atoms with Gasteiger partial charge in [-0.3, -0.25) is 23.5 Å². The van der Waals surface area contributed by atoms with Crippen LogP contribution in [0.1, 0.15) is 29.3 Å². The molecule has 3 aromatic rings. The van der Waals surface area contributed by atoms with E-state index in [0.29, 0.717) is 30.1 Å². The number of carbonyl (C=O) groups is 1. The van der Waals surface area contributed by atoms with Gasteiger partial charge < -0.3 is 10.2 Å². The van der Waals surface area contributed by atoms with E-state index in [1.54, 1.807) is 12.3 Å². The number of rotatable bonds is 11. The van der Waals surface area contributed by atoms with Crippen LogP contribution in [0.2, 0.25) is 0 Å². The van der Waals surface area contributed by atoms with Gasteiger partial charge in [-0.25, -0.2) is 9.37 Å². The second-order valence-electron chi connectivity index (χ2n) is 6.88. The first-order valence-electron chi connectivity index (χ1n) is 9.93. The quantitative estimate of drug-likeness (QED) is 0.449. The highest BCUT2D eigenvalue weighted by atomic mass is 32.2. The summed E-state index contributed by atoms with van der Waals surface area (Å²) in [5.41, 5.74) is 2.03. The third-order valence-corrected chi connectivity index (χ3v) is 6.30. The molecule has 3 rings (SSSR count). The van der Waals surface area contributed by atoms with Gasteiger partial charge >= 0.3 is 0 Å². The maximum atomic E-state index is 12.5. The van der Waals surface area contributed by atoms with Crippen molar-refractivity contribution in [3.8, 4) is 0 Å². The van der Waals surface area contributed by atoms with E-state index in [-0.39, 0.29) is 22.0 Å². The second-order valence-corrected chi connectivity index (χ2v) is 8.46. The summed E-state index contributed by atoms with van der Waals surface area (Å²) >= 11 is 0. The number of aromatic amines is 1. The average molecular weight is 472 g/mol. The topological polar surface area (TPSA) is 91.0 Å². The van der Waals surface area contributed by atoms with Crippen molar-refractivity contribution in [3.63, 3.8) is 0 Å². The lowest BCUT2D eigenvalue weighted by Gasteiger charge is -2.18. The minimum absolute atomic E-state index is 0. The first kappa shape index (κ1) is 27.2. The van der Waals surface area contributed by atoms with Crippen LogP contribution in [0.4, 0.5) is 13.8 Å². The van der Waals surface area contributed by atoms with Crippen LogP contribution < -0.4 is 5.32 Å². The van der Waals surface area contributed by atoms with Gasteiger partial charge in [0.1, 0.15) is 6.67 Å². The number of hydrogen-bond acceptors (Lipinski definition) is 5. The van der Waals surface area contributed by atoms with E-state index in [2.05, 4.69) is 20.5 Å². The van der Waals surface area contributed by atoms with Crippen LogP contribution in [0.3, 0.4) is 0 Å². The predicted molar refractivity (Wildman–Crippen MR) is 120 cm³/mol. The Labute approximate surface area is 187 Å². The fourth-order valence-electron chi connectivity index (χ4n) is 3.09. The van der Waals surface area contributed by atoms with Crippen LogP contribution in [0.15, 0.2) is 47.6 Å². The number of pyridine rings is 1. The van der Waals surface area contributed by atoms with E-state index in [4.69, 9.17) is 0 Å². The summed E-state index contributed by atoms with van der Waals surface area (Å²) in [7, 11) is -1.09. The van der Waals surface area contributed by atoms with Gasteiger partial charge in [-0.15, -0.1) is 0 Å². The summed E-state index contributed by atoms with van der Waals surface area (Å²) in [6, 6.07) is 9.13. The maximum Gasteiger partial charge on any atom is 0.253 e. The normalized spacial score (nSPS) is 11.6. The van der Waals surface area contributed by atoms with Crippen molar-refractivity contribution in [2.45, 2.75) is 24.8 Å². The summed E-state index contributed by atoms with van der Waals surface area (Å²) < 4.78 is 24.9. The Hall–Kier alpha value is -2.79. The molecule has 1 unspecified atom stereocenters. The molecule has 0 aliphatic carbocycles. The van der Waals surface area contributed by atoms with Gasteiger partial charge in [-0.05, 0) is 43.3 Å². The summed E-state index contributed by atoms with van der Waals surface area (Å²) in [5.74, 6) is 0.328. The SMILES string of the molecule is CCN(CCF)CCCS(=O)c1ccc(CNC(=O)c2cnc3[nH]ncc3c2)cc1.F.F. The molecule has 1 aromatic carbocycles. The number of hydrogen-bond donors (Lipinski definition) is 2. The minimum Gasteiger partial charge on any atom is -0.348 e. The lowest BCUT2D eigenvalue weighted by atomic mass is 10.2. The molecule has 2 aromatic heterocycles. The molecule has 1 amide bonds. The van der Waals surface area contributed by atoms with E-state index in [1.807, 2.05) is 36.1 Å². The maximum absolute atomic E-state index is 12.5. The van der Waals surface area contributed by atoms with Crippen molar-refractivity contribution in [3.05, 3.63) is 53.9 Å². The van der Waals surface area contributed by atoms with Crippen LogP contribution in [0.25, 0.3) is 11.0 Å². The fraction of sp³-hybridized carbons (Fsp3) is 0.381. The summed E-state index contributed by atoms with van der Waals surface area (Å²) in [6.45, 7) is 3.97. The first-order valence-corrected chi connectivity index (χ1v) is 11.3. The second kappa shape index (κ2) is 13.6. The lowest BCUT2D eigenvalue weighted by molar-refractivity contribution is 0.0950. The Morgan fingerprint density at radius 2 is 1.94 bits per heavy atom. The fourth-order valence-corrected chi connectivity index (χ4v) is 4.16. The van der Waals surface area contributed by atoms with Gasteiger partial charge in [0.2, 0.25) is 0 Å². The summed E-state index contributed by atoms with van der Waals surface area (Å²) in [4.78, 5) is 19.3. The molecule has 11 heteroatoms. The van der Waals surface area contributed by atoms with E-state index in [9.17, 15) is 13.4 Å². The molecular weight excluding hydrogens is 443 g/mol. The molecule has 0 radical (unpaired) electrons. The molecule has 0 saturated carbocycles. The highest BCUT2D eigenvalue weighted by molar-refractivity contribution is 7.85. The number of alkyl halides is 1. The minimum atomic E-state index is -1.09. The Bertz CT molecular complexity index is 1000. The van der Waals surface area contributed by atoms with Crippen molar-refractivity contribution in [2.24, 2.45) is 0 Å². The number of nitrogens with one attached hydrogen (secondary N) is 2. The molecule has 2 N–H and O–H groups in total. The van der Waals surface area contributed by atoms with Crippen molar-refractivity contribution in [2.75, 3.05) is 32.1 Å². The van der Waals surface area contributed by atoms with Crippen molar-refractivity contribution < 1.29 is 22.8 Å². The van der Waals surface area contributed by atoms with Gasteiger partial charge in [0, 0.05) is 35.3 Å². The van der Waals surface area contributed by atoms with Crippen LogP contribution in [0.5, 0.6) is 0 Å². The van der Waals surface area contributed by atoms with Gasteiger partial charge in [-0.1, -0.05) is 19.1 Å². The van der Waals surface area contributed by atoms with E-state index in [1.165, 1.54) is 6.20 Å². The molecule has 0 aliphatic rings. The molecular formula is C21H28F3N5O2S. The van der Waals surface area contributed by atoms with Gasteiger partial charge in [0.15, 0.2) is 5.65 Å². The third kappa shape index (κ3) is 7.41. The van der Waals surface area contributed by atoms with Crippen LogP contribution in [0, 0.1) is 0 Å². The number of benzene rings is 1. The Morgan fingerprint density at radius 1 is 1.19 bits per heavy atom. The number of carbonyl (C=O) groups excluding carboxylic acids is 1. The Kier molecular flexibility index (Phi) is 11.6. The molecule has 0 bridgehead atoms. The lowest BCUT2D eigenvalue weighted by Crippen LogP contribution is -2.27. The number of halogens is 3. The number of amides is 1. The average Bonchev–Trinajstić information content (AvgIpc) is 3.25. The van der Waals surface area contributed by atoms with E-state index < -0.39 is 10.8 Å². The number of nitrogens with zero attached hydrogens (tertiary/aromatic N) is 3. The summed E-state index contributed by atoms with van der Waals surface area (Å²) in [5, 5.41) is 10.3. The number of aromatic nitrogens is 3. The van der Waals surface area contributed by atoms with Crippen molar-refractivity contribution >= 4 is 27.7 Å². The third-order valence-electron chi connectivity index (χ3n) is 4.84. The van der Waals surface area contributed by atoms with Gasteiger partial charge in [0.05, 0.1) is 22.6 Å². The molecule has 0 spiro atoms. The largest absolute Gasteiger partial charge is 0.348 e. The molecule has 176 valence electrons. The highest BCUT2D eigenvalue weighted by Gasteiger charge is 2.09. The first-order chi connectivity index (χ1) is 14.6. The monoisotopic (exact) mass is 471 g/mol. The van der Waals surface area contributed by atoms with Crippen LogP contribution in [-0.2, 0) is 17.3 Å². The molecule has 1 atom stereocenters. The molecule has 0 saturated heterocycles. The van der Waals surface area contributed by atoms with Gasteiger partial charge in [0.25, 0.3) is 5.91 Å². The zero-order valence-corrected chi connectivity index (χ0v) is 18.6. The van der Waals surface area contributed by atoms with E-state index >= 15 is 0 Å². The Morgan fingerprint density at radius 3 is 2.62 bits per heavy atom. The van der Waals surface area contributed by atoms with Crippen molar-refractivity contribution in [1.82, 2.24) is 25.4 Å². The zero-order valence-electron chi connectivity index (χ0n) is 17.8. The Balaban J connectivity index is 0.00000256. The summed E-state index contributed by atoms with van der Waals surface area (Å²) in [6.07, 6.45) is 3.89. The standard InChI is InChI=1S/C21H26FN5O2S.2FH/c1-2-27(10-8-22)9-3-11-30(29)19-6-4-16(5-7-19)13-24-21(28)18-12-17-15-25-26-20(17)23-14-18;;/h4-7,12,14-15H,2-3,8-11,13H2,1H3,(H,24,28)(H,23,25,26);2*1H. The van der Waals surface area contributed by atoms with Gasteiger partial charge in [-0.2, -0.15) is 5.10 Å². The molecule has 32 heavy (non-hydrogen) atoms. The molecule has 0 aliphatic heterocycles.